The van der Waals surface area contributed by atoms with Crippen LogP contribution in [0.4, 0.5) is 11.5 Å². The van der Waals surface area contributed by atoms with E-state index in [0.717, 1.165) is 6.54 Å². The Balaban J connectivity index is 2.13. The van der Waals surface area contributed by atoms with Crippen LogP contribution in [0.5, 0.6) is 0 Å². The quantitative estimate of drug-likeness (QED) is 0.871. The zero-order chi connectivity index (χ0) is 13.8. The Morgan fingerprint density at radius 1 is 1.47 bits per heavy atom. The molecule has 0 bridgehead atoms. The van der Waals surface area contributed by atoms with E-state index < -0.39 is 5.97 Å². The molecule has 2 rings (SSSR count). The first-order chi connectivity index (χ1) is 9.08. The smallest absolute Gasteiger partial charge is 0.338 e. The van der Waals surface area contributed by atoms with Gasteiger partial charge in [0.25, 0.3) is 0 Å². The summed E-state index contributed by atoms with van der Waals surface area (Å²) in [7, 11) is 1.92. The summed E-state index contributed by atoms with van der Waals surface area (Å²) < 4.78 is 0. The molecule has 0 saturated heterocycles. The maximum atomic E-state index is 11.3. The molecule has 19 heavy (non-hydrogen) atoms. The molecule has 1 aliphatic rings. The molecule has 0 radical (unpaired) electrons. The molecule has 0 aliphatic heterocycles. The molecule has 1 aromatic heterocycles. The number of carboxylic acids is 1. The number of aromatic nitrogens is 1. The van der Waals surface area contributed by atoms with Gasteiger partial charge in [-0.25, -0.2) is 9.78 Å². The predicted octanol–water partition coefficient (Wildman–Crippen LogP) is 2.38. The van der Waals surface area contributed by atoms with Crippen LogP contribution >= 0.6 is 0 Å². The van der Waals surface area contributed by atoms with Crippen LogP contribution in [0.2, 0.25) is 0 Å². The molecule has 1 saturated carbocycles. The van der Waals surface area contributed by atoms with Gasteiger partial charge in [-0.1, -0.05) is 19.3 Å². The third kappa shape index (κ3) is 3.36. The second kappa shape index (κ2) is 5.91. The minimum absolute atomic E-state index is 0.228. The summed E-state index contributed by atoms with van der Waals surface area (Å²) >= 11 is 0. The van der Waals surface area contributed by atoms with Crippen molar-refractivity contribution in [3.63, 3.8) is 0 Å². The number of nitrogen functional groups attached to an aromatic ring is 1. The topological polar surface area (TPSA) is 79.5 Å². The highest BCUT2D eigenvalue weighted by Crippen LogP contribution is 2.27. The lowest BCUT2D eigenvalue weighted by atomic mass is 9.89. The number of nitrogens with two attached hydrogens (primary N) is 1. The summed E-state index contributed by atoms with van der Waals surface area (Å²) in [6, 6.07) is 1.43. The molecule has 5 nitrogen and oxygen atoms in total. The molecule has 0 unspecified atom stereocenters. The van der Waals surface area contributed by atoms with E-state index >= 15 is 0 Å². The van der Waals surface area contributed by atoms with Crippen LogP contribution in [0.15, 0.2) is 12.3 Å². The molecule has 1 heterocycles. The van der Waals surface area contributed by atoms with Crippen molar-refractivity contribution < 1.29 is 9.90 Å². The second-order valence-corrected chi connectivity index (χ2v) is 5.32. The zero-order valence-corrected chi connectivity index (χ0v) is 11.3. The van der Waals surface area contributed by atoms with Crippen LogP contribution in [0.1, 0.15) is 42.5 Å². The number of pyridine rings is 1. The summed E-state index contributed by atoms with van der Waals surface area (Å²) in [6.45, 7) is 0.881. The standard InChI is InChI=1S/C14H21N3O2/c1-17(9-10-5-3-2-4-6-10)12-8-16-13(15)7-11(12)14(18)19/h7-8,10H,2-6,9H2,1H3,(H2,15,16)(H,18,19). The van der Waals surface area contributed by atoms with E-state index in [1.54, 1.807) is 6.20 Å². The Morgan fingerprint density at radius 3 is 2.79 bits per heavy atom. The van der Waals surface area contributed by atoms with E-state index in [0.29, 0.717) is 11.6 Å². The summed E-state index contributed by atoms with van der Waals surface area (Å²) in [4.78, 5) is 17.3. The van der Waals surface area contributed by atoms with Gasteiger partial charge in [-0.05, 0) is 24.8 Å². The highest BCUT2D eigenvalue weighted by molar-refractivity contribution is 5.95. The fourth-order valence-electron chi connectivity index (χ4n) is 2.80. The Kier molecular flexibility index (Phi) is 4.24. The van der Waals surface area contributed by atoms with Crippen molar-refractivity contribution in [3.8, 4) is 0 Å². The van der Waals surface area contributed by atoms with Crippen molar-refractivity contribution in [2.75, 3.05) is 24.2 Å². The van der Waals surface area contributed by atoms with E-state index in [2.05, 4.69) is 4.98 Å². The minimum atomic E-state index is -0.959. The molecule has 1 fully saturated rings. The maximum Gasteiger partial charge on any atom is 0.338 e. The van der Waals surface area contributed by atoms with Crippen LogP contribution < -0.4 is 10.6 Å². The lowest BCUT2D eigenvalue weighted by molar-refractivity contribution is 0.0697. The molecule has 3 N–H and O–H groups in total. The summed E-state index contributed by atoms with van der Waals surface area (Å²) in [5, 5.41) is 9.23. The van der Waals surface area contributed by atoms with E-state index in [1.807, 2.05) is 11.9 Å². The lowest BCUT2D eigenvalue weighted by Crippen LogP contribution is -2.28. The van der Waals surface area contributed by atoms with Crippen molar-refractivity contribution in [2.24, 2.45) is 5.92 Å². The van der Waals surface area contributed by atoms with Gasteiger partial charge >= 0.3 is 5.97 Å². The van der Waals surface area contributed by atoms with E-state index in [9.17, 15) is 9.90 Å². The third-order valence-electron chi connectivity index (χ3n) is 3.80. The number of anilines is 2. The van der Waals surface area contributed by atoms with Crippen molar-refractivity contribution in [1.29, 1.82) is 0 Å². The minimum Gasteiger partial charge on any atom is -0.478 e. The fourth-order valence-corrected chi connectivity index (χ4v) is 2.80. The molecule has 0 aromatic carbocycles. The van der Waals surface area contributed by atoms with Crippen LogP contribution in [-0.2, 0) is 0 Å². The third-order valence-corrected chi connectivity index (χ3v) is 3.80. The van der Waals surface area contributed by atoms with Gasteiger partial charge in [0.15, 0.2) is 0 Å². The number of hydrogen-bond donors (Lipinski definition) is 2. The van der Waals surface area contributed by atoms with Gasteiger partial charge in [0.1, 0.15) is 5.82 Å². The van der Waals surface area contributed by atoms with E-state index in [4.69, 9.17) is 5.73 Å². The molecule has 0 spiro atoms. The van der Waals surface area contributed by atoms with Gasteiger partial charge in [0.05, 0.1) is 17.4 Å². The van der Waals surface area contributed by atoms with Gasteiger partial charge in [0.2, 0.25) is 0 Å². The summed E-state index contributed by atoms with van der Waals surface area (Å²) in [5.41, 5.74) is 6.43. The molecular formula is C14H21N3O2. The molecule has 104 valence electrons. The largest absolute Gasteiger partial charge is 0.478 e. The number of hydrogen-bond acceptors (Lipinski definition) is 4. The highest BCUT2D eigenvalue weighted by atomic mass is 16.4. The second-order valence-electron chi connectivity index (χ2n) is 5.32. The van der Waals surface area contributed by atoms with Crippen molar-refractivity contribution >= 4 is 17.5 Å². The molecule has 0 atom stereocenters. The number of nitrogens with zero attached hydrogens (tertiary/aromatic N) is 2. The van der Waals surface area contributed by atoms with Gasteiger partial charge in [-0.3, -0.25) is 0 Å². The van der Waals surface area contributed by atoms with Crippen LogP contribution in [0, 0.1) is 5.92 Å². The summed E-state index contributed by atoms with van der Waals surface area (Å²) in [6.07, 6.45) is 7.91. The van der Waals surface area contributed by atoms with Crippen LogP contribution in [-0.4, -0.2) is 29.7 Å². The first-order valence-corrected chi connectivity index (χ1v) is 6.78. The van der Waals surface area contributed by atoms with E-state index in [-0.39, 0.29) is 11.4 Å². The Bertz CT molecular complexity index is 456. The number of aromatic carboxylic acids is 1. The van der Waals surface area contributed by atoms with Gasteiger partial charge in [-0.2, -0.15) is 0 Å². The average molecular weight is 263 g/mol. The lowest BCUT2D eigenvalue weighted by Gasteiger charge is -2.29. The first kappa shape index (κ1) is 13.6. The van der Waals surface area contributed by atoms with Crippen molar-refractivity contribution in [3.05, 3.63) is 17.8 Å². The number of rotatable bonds is 4. The SMILES string of the molecule is CN(CC1CCCCC1)c1cnc(N)cc1C(=O)O. The Hall–Kier alpha value is -1.78. The van der Waals surface area contributed by atoms with Crippen molar-refractivity contribution in [1.82, 2.24) is 4.98 Å². The first-order valence-electron chi connectivity index (χ1n) is 6.78. The fraction of sp³-hybridized carbons (Fsp3) is 0.571. The maximum absolute atomic E-state index is 11.3. The van der Waals surface area contributed by atoms with Crippen molar-refractivity contribution in [2.45, 2.75) is 32.1 Å². The van der Waals surface area contributed by atoms with E-state index in [1.165, 1.54) is 38.2 Å². The Morgan fingerprint density at radius 2 is 2.16 bits per heavy atom. The Labute approximate surface area is 113 Å². The van der Waals surface area contributed by atoms with Crippen LogP contribution in [0.25, 0.3) is 0 Å². The normalized spacial score (nSPS) is 16.3. The number of carboxylic acid groups (broad SMARTS) is 1. The summed E-state index contributed by atoms with van der Waals surface area (Å²) in [5.74, 6) is -0.0650. The van der Waals surface area contributed by atoms with Gasteiger partial charge in [-0.15, -0.1) is 0 Å². The highest BCUT2D eigenvalue weighted by Gasteiger charge is 2.19. The number of carbonyl (C=O) groups is 1. The van der Waals surface area contributed by atoms with Gasteiger partial charge < -0.3 is 15.7 Å². The molecule has 5 heteroatoms. The predicted molar refractivity (Wildman–Crippen MR) is 75.5 cm³/mol. The molecule has 1 aliphatic carbocycles. The molecule has 0 amide bonds. The van der Waals surface area contributed by atoms with Crippen LogP contribution in [0.3, 0.4) is 0 Å². The molecular weight excluding hydrogens is 242 g/mol. The zero-order valence-electron chi connectivity index (χ0n) is 11.3. The monoisotopic (exact) mass is 263 g/mol. The average Bonchev–Trinajstić information content (AvgIpc) is 2.39. The molecule has 1 aromatic rings. The van der Waals surface area contributed by atoms with Gasteiger partial charge in [0, 0.05) is 13.6 Å².